The highest BCUT2D eigenvalue weighted by Gasteiger charge is 2.40. The number of nitrogens with one attached hydrogen (secondary N) is 6. The molecule has 20 nitrogen and oxygen atoms in total. The number of aliphatic carboxylic acids is 1. The van der Waals surface area contributed by atoms with E-state index in [1.54, 1.807) is 44.2 Å². The third-order valence-electron chi connectivity index (χ3n) is 9.41. The summed E-state index contributed by atoms with van der Waals surface area (Å²) in [4.78, 5) is 105. The van der Waals surface area contributed by atoms with Gasteiger partial charge < -0.3 is 63.6 Å². The number of rotatable bonds is 24. The molecule has 0 aliphatic carbocycles. The van der Waals surface area contributed by atoms with Crippen LogP contribution in [-0.2, 0) is 44.8 Å². The highest BCUT2D eigenvalue weighted by atomic mass is 16.4. The zero-order valence-electron chi connectivity index (χ0n) is 33.6. The van der Waals surface area contributed by atoms with Crippen molar-refractivity contribution in [1.82, 2.24) is 36.8 Å². The Bertz CT molecular complexity index is 1560. The van der Waals surface area contributed by atoms with Crippen LogP contribution in [0.5, 0.6) is 0 Å². The molecule has 1 aromatic carbocycles. The zero-order valence-corrected chi connectivity index (χ0v) is 33.6. The number of amides is 7. The second kappa shape index (κ2) is 24.6. The number of aliphatic hydroxyl groups excluding tert-OH is 2. The maximum Gasteiger partial charge on any atom is 0.326 e. The van der Waals surface area contributed by atoms with Gasteiger partial charge in [-0.15, -0.1) is 0 Å². The Hall–Kier alpha value is -5.18. The van der Waals surface area contributed by atoms with Crippen molar-refractivity contribution >= 4 is 47.3 Å². The van der Waals surface area contributed by atoms with Crippen molar-refractivity contribution in [3.63, 3.8) is 0 Å². The highest BCUT2D eigenvalue weighted by molar-refractivity contribution is 5.97. The lowest BCUT2D eigenvalue weighted by atomic mass is 10.0. The summed E-state index contributed by atoms with van der Waals surface area (Å²) in [5.41, 5.74) is 11.6. The van der Waals surface area contributed by atoms with Crippen molar-refractivity contribution in [2.45, 2.75) is 121 Å². The van der Waals surface area contributed by atoms with E-state index in [2.05, 4.69) is 31.9 Å². The van der Waals surface area contributed by atoms with Crippen LogP contribution in [0.1, 0.15) is 71.8 Å². The predicted octanol–water partition coefficient (Wildman–Crippen LogP) is -3.26. The number of hydrogen-bond acceptors (Lipinski definition) is 12. The van der Waals surface area contributed by atoms with E-state index in [1.807, 2.05) is 0 Å². The van der Waals surface area contributed by atoms with Crippen molar-refractivity contribution in [3.05, 3.63) is 35.9 Å². The van der Waals surface area contributed by atoms with Gasteiger partial charge in [-0.3, -0.25) is 33.6 Å². The summed E-state index contributed by atoms with van der Waals surface area (Å²) in [5, 5.41) is 44.9. The van der Waals surface area contributed by atoms with Crippen molar-refractivity contribution in [2.75, 3.05) is 26.2 Å². The molecule has 0 spiro atoms. The number of hydrogen-bond donors (Lipinski definition) is 11. The fourth-order valence-corrected chi connectivity index (χ4v) is 6.36. The van der Waals surface area contributed by atoms with Gasteiger partial charge in [-0.2, -0.15) is 0 Å². The minimum Gasteiger partial charge on any atom is -0.480 e. The number of carboxylic acids is 1. The van der Waals surface area contributed by atoms with Crippen LogP contribution in [0.4, 0.5) is 0 Å². The van der Waals surface area contributed by atoms with Crippen LogP contribution < -0.4 is 43.4 Å². The number of nitrogens with two attached hydrogens (primary N) is 2. The molecule has 8 atom stereocenters. The van der Waals surface area contributed by atoms with E-state index in [-0.39, 0.29) is 38.1 Å². The predicted molar refractivity (Wildman–Crippen MR) is 210 cm³/mol. The standard InChI is InChI=1S/C38H61N9O11/c1-21(2)17-26(44-35(54)32(23(4)49)46-36(55)31(22(3)48)45-29(50)19-40)37(56)47-16-10-14-28(47)34(53)43-25(13-8-9-15-39)33(52)41-20-30(51)42-27(38(57)58)18-24-11-6-5-7-12-24/h5-7,11-12,21-23,25-28,31-32,48-49H,8-10,13-20,39-40H2,1-4H3,(H,41,52)(H,42,51)(H,43,53)(H,44,54)(H,45,50)(H,46,55)(H,57,58)/t22-,23-,25+,26+,27+,28+,31+,32+/m1/s1. The van der Waals surface area contributed by atoms with Gasteiger partial charge in [0.25, 0.3) is 0 Å². The highest BCUT2D eigenvalue weighted by Crippen LogP contribution is 2.21. The Morgan fingerprint density at radius 3 is 1.95 bits per heavy atom. The maximum absolute atomic E-state index is 14.1. The average Bonchev–Trinajstić information content (AvgIpc) is 3.67. The fraction of sp³-hybridized carbons (Fsp3) is 0.632. The molecule has 0 radical (unpaired) electrons. The molecule has 2 rings (SSSR count). The Morgan fingerprint density at radius 1 is 0.759 bits per heavy atom. The maximum atomic E-state index is 14.1. The van der Waals surface area contributed by atoms with Gasteiger partial charge in [0, 0.05) is 13.0 Å². The van der Waals surface area contributed by atoms with Crippen molar-refractivity contribution in [3.8, 4) is 0 Å². The molecular formula is C38H61N9O11. The van der Waals surface area contributed by atoms with E-state index in [1.165, 1.54) is 18.7 Å². The summed E-state index contributed by atoms with van der Waals surface area (Å²) in [6, 6.07) is 0.944. The van der Waals surface area contributed by atoms with Gasteiger partial charge >= 0.3 is 5.97 Å². The van der Waals surface area contributed by atoms with Crippen LogP contribution in [0.3, 0.4) is 0 Å². The summed E-state index contributed by atoms with van der Waals surface area (Å²) in [5.74, 6) is -6.80. The largest absolute Gasteiger partial charge is 0.480 e. The number of unbranched alkanes of at least 4 members (excludes halogenated alkanes) is 1. The van der Waals surface area contributed by atoms with E-state index >= 15 is 0 Å². The Kier molecular flexibility index (Phi) is 20.7. The van der Waals surface area contributed by atoms with Gasteiger partial charge in [0.2, 0.25) is 41.4 Å². The molecule has 0 bridgehead atoms. The number of likely N-dealkylation sites (tertiary alicyclic amines) is 1. The minimum atomic E-state index is -1.61. The number of carbonyl (C=O) groups excluding carboxylic acids is 7. The minimum absolute atomic E-state index is 0.0184. The molecular weight excluding hydrogens is 758 g/mol. The Balaban J connectivity index is 2.18. The molecule has 20 heteroatoms. The first kappa shape index (κ1) is 49.0. The van der Waals surface area contributed by atoms with Crippen LogP contribution in [0.25, 0.3) is 0 Å². The lowest BCUT2D eigenvalue weighted by molar-refractivity contribution is -0.143. The van der Waals surface area contributed by atoms with Crippen LogP contribution in [0.2, 0.25) is 0 Å². The molecule has 0 unspecified atom stereocenters. The topological polar surface area (TPSA) is 325 Å². The first-order valence-corrected chi connectivity index (χ1v) is 19.5. The first-order chi connectivity index (χ1) is 27.4. The van der Waals surface area contributed by atoms with Crippen LogP contribution >= 0.6 is 0 Å². The SMILES string of the molecule is CC(C)C[C@H](NC(=O)[C@@H](NC(=O)[C@@H](NC(=O)CN)[C@@H](C)O)[C@@H](C)O)C(=O)N1CCC[C@H]1C(=O)N[C@@H](CCCCN)C(=O)NCC(=O)N[C@@H](Cc1ccccc1)C(=O)O. The zero-order chi connectivity index (χ0) is 43.5. The first-order valence-electron chi connectivity index (χ1n) is 19.5. The summed E-state index contributed by atoms with van der Waals surface area (Å²) in [6.07, 6.45) is -0.977. The lowest BCUT2D eigenvalue weighted by Crippen LogP contribution is -2.62. The third kappa shape index (κ3) is 16.0. The van der Waals surface area contributed by atoms with Crippen LogP contribution in [-0.4, -0.2) is 142 Å². The smallest absolute Gasteiger partial charge is 0.326 e. The molecule has 1 saturated heterocycles. The molecule has 1 aliphatic rings. The van der Waals surface area contributed by atoms with Crippen molar-refractivity contribution in [2.24, 2.45) is 17.4 Å². The van der Waals surface area contributed by atoms with E-state index < -0.39 is 109 Å². The number of carboxylic acid groups (broad SMARTS) is 1. The van der Waals surface area contributed by atoms with Crippen LogP contribution in [0.15, 0.2) is 30.3 Å². The van der Waals surface area contributed by atoms with Gasteiger partial charge in [0.05, 0.1) is 25.3 Å². The van der Waals surface area contributed by atoms with Gasteiger partial charge in [0.15, 0.2) is 0 Å². The summed E-state index contributed by atoms with van der Waals surface area (Å²) in [6.45, 7) is 5.50. The molecule has 1 aliphatic heterocycles. The normalized spacial score (nSPS) is 17.4. The summed E-state index contributed by atoms with van der Waals surface area (Å²) < 4.78 is 0. The van der Waals surface area contributed by atoms with Gasteiger partial charge in [0.1, 0.15) is 36.3 Å². The van der Waals surface area contributed by atoms with Gasteiger partial charge in [-0.05, 0) is 70.4 Å². The van der Waals surface area contributed by atoms with Gasteiger partial charge in [-0.1, -0.05) is 44.2 Å². The number of carbonyl (C=O) groups is 8. The Morgan fingerprint density at radius 2 is 1.38 bits per heavy atom. The van der Waals surface area contributed by atoms with E-state index in [9.17, 15) is 53.7 Å². The number of benzene rings is 1. The average molecular weight is 820 g/mol. The second-order valence-corrected chi connectivity index (χ2v) is 14.8. The van der Waals surface area contributed by atoms with E-state index in [0.29, 0.717) is 31.4 Å². The second-order valence-electron chi connectivity index (χ2n) is 14.8. The van der Waals surface area contributed by atoms with Gasteiger partial charge in [-0.25, -0.2) is 4.79 Å². The number of aliphatic hydroxyl groups is 2. The quantitative estimate of drug-likeness (QED) is 0.0457. The molecule has 1 aromatic rings. The monoisotopic (exact) mass is 819 g/mol. The van der Waals surface area contributed by atoms with E-state index in [0.717, 1.165) is 0 Å². The van der Waals surface area contributed by atoms with E-state index in [4.69, 9.17) is 11.5 Å². The molecule has 324 valence electrons. The molecule has 0 saturated carbocycles. The fourth-order valence-electron chi connectivity index (χ4n) is 6.36. The molecule has 0 aromatic heterocycles. The number of nitrogens with zero attached hydrogens (tertiary/aromatic N) is 1. The lowest BCUT2D eigenvalue weighted by Gasteiger charge is -2.32. The molecule has 58 heavy (non-hydrogen) atoms. The summed E-state index contributed by atoms with van der Waals surface area (Å²) in [7, 11) is 0. The Labute approximate surface area is 338 Å². The third-order valence-corrected chi connectivity index (χ3v) is 9.41. The molecule has 1 fully saturated rings. The van der Waals surface area contributed by atoms with Crippen molar-refractivity contribution < 1.29 is 53.7 Å². The molecule has 1 heterocycles. The summed E-state index contributed by atoms with van der Waals surface area (Å²) >= 11 is 0. The van der Waals surface area contributed by atoms with Crippen molar-refractivity contribution in [1.29, 1.82) is 0 Å². The molecule has 7 amide bonds. The van der Waals surface area contributed by atoms with Crippen LogP contribution in [0, 0.1) is 5.92 Å². The molecule has 13 N–H and O–H groups in total.